The van der Waals surface area contributed by atoms with Crippen LogP contribution in [0.25, 0.3) is 22.4 Å². The highest BCUT2D eigenvalue weighted by Crippen LogP contribution is 2.30. The van der Waals surface area contributed by atoms with Gasteiger partial charge in [0.2, 0.25) is 0 Å². The Hall–Kier alpha value is -3.42. The van der Waals surface area contributed by atoms with Crippen molar-refractivity contribution in [2.75, 3.05) is 21.9 Å². The van der Waals surface area contributed by atoms with Gasteiger partial charge in [-0.2, -0.15) is 0 Å². The lowest BCUT2D eigenvalue weighted by Crippen LogP contribution is -2.19. The van der Waals surface area contributed by atoms with Crippen LogP contribution in [0, 0.1) is 0 Å². The monoisotopic (exact) mass is 506 g/mol. The van der Waals surface area contributed by atoms with Gasteiger partial charge in [-0.3, -0.25) is 9.10 Å². The summed E-state index contributed by atoms with van der Waals surface area (Å²) in [6, 6.07) is 20.2. The van der Waals surface area contributed by atoms with Crippen LogP contribution < -0.4 is 9.62 Å². The number of H-pyrrole nitrogens is 1. The van der Waals surface area contributed by atoms with Crippen LogP contribution in [0.5, 0.6) is 0 Å². The van der Waals surface area contributed by atoms with Gasteiger partial charge in [0.05, 0.1) is 16.1 Å². The van der Waals surface area contributed by atoms with Crippen molar-refractivity contribution in [1.29, 1.82) is 0 Å². The number of aromatic amines is 1. The van der Waals surface area contributed by atoms with Crippen LogP contribution in [0.4, 0.5) is 11.4 Å². The molecule has 0 bridgehead atoms. The molecule has 1 atom stereocenters. The number of benzene rings is 3. The molecule has 1 aliphatic heterocycles. The third-order valence-electron chi connectivity index (χ3n) is 5.55. The zero-order valence-corrected chi connectivity index (χ0v) is 21.2. The number of carbonyl (C=O) groups excluding carboxylic acids is 1. The van der Waals surface area contributed by atoms with Crippen LogP contribution in [0.1, 0.15) is 30.6 Å². The number of nitrogens with one attached hydrogen (secondary N) is 2. The minimum absolute atomic E-state index is 0.230. The number of nitrogens with zero attached hydrogens (tertiary/aromatic N) is 2. The highest BCUT2D eigenvalue weighted by atomic mass is 35.5. The van der Waals surface area contributed by atoms with Crippen molar-refractivity contribution in [2.45, 2.75) is 20.3 Å². The van der Waals surface area contributed by atoms with Gasteiger partial charge in [0.25, 0.3) is 5.91 Å². The van der Waals surface area contributed by atoms with Gasteiger partial charge in [-0.05, 0) is 74.9 Å². The number of amides is 1. The van der Waals surface area contributed by atoms with E-state index in [4.69, 9.17) is 11.6 Å². The summed E-state index contributed by atoms with van der Waals surface area (Å²) in [6.45, 7) is 4.77. The quantitative estimate of drug-likeness (QED) is 0.306. The number of halogens is 1. The lowest BCUT2D eigenvalue weighted by atomic mass is 10.1. The van der Waals surface area contributed by atoms with E-state index < -0.39 is 11.0 Å². The maximum atomic E-state index is 12.7. The molecule has 2 heterocycles. The second-order valence-corrected chi connectivity index (χ2v) is 9.85. The summed E-state index contributed by atoms with van der Waals surface area (Å²) in [6.07, 6.45) is 4.92. The fourth-order valence-corrected chi connectivity index (χ4v) is 5.13. The maximum absolute atomic E-state index is 12.7. The number of hydrogen-bond acceptors (Lipinski definition) is 3. The SMILES string of the molecule is C/C=C\C.O=C(Nc1ccc(Cl)c(-c2nc3ccccc3[nH]2)c1)c1ccc(N2CCCS2=O)cc1. The number of imidazole rings is 1. The molecule has 0 radical (unpaired) electrons. The molecule has 0 spiro atoms. The van der Waals surface area contributed by atoms with E-state index in [9.17, 15) is 9.00 Å². The van der Waals surface area contributed by atoms with Crippen molar-refractivity contribution in [2.24, 2.45) is 0 Å². The first-order chi connectivity index (χ1) is 17.0. The molecule has 5 rings (SSSR count). The molecule has 1 saturated heterocycles. The molecule has 0 saturated carbocycles. The minimum atomic E-state index is -0.978. The van der Waals surface area contributed by atoms with Crippen molar-refractivity contribution in [3.8, 4) is 11.4 Å². The number of carbonyl (C=O) groups is 1. The molecule has 6 nitrogen and oxygen atoms in total. The lowest BCUT2D eigenvalue weighted by molar-refractivity contribution is 0.102. The maximum Gasteiger partial charge on any atom is 0.255 e. The lowest BCUT2D eigenvalue weighted by Gasteiger charge is -2.16. The van der Waals surface area contributed by atoms with E-state index in [1.165, 1.54) is 0 Å². The van der Waals surface area contributed by atoms with Gasteiger partial charge in [-0.25, -0.2) is 9.19 Å². The third kappa shape index (κ3) is 5.81. The summed E-state index contributed by atoms with van der Waals surface area (Å²) in [5.41, 5.74) is 4.49. The Labute approximate surface area is 212 Å². The molecule has 1 amide bonds. The van der Waals surface area contributed by atoms with E-state index in [2.05, 4.69) is 15.3 Å². The molecule has 1 fully saturated rings. The zero-order valence-electron chi connectivity index (χ0n) is 19.6. The Morgan fingerprint density at radius 1 is 1.09 bits per heavy atom. The van der Waals surface area contributed by atoms with E-state index in [1.807, 2.05) is 66.7 Å². The van der Waals surface area contributed by atoms with E-state index in [0.29, 0.717) is 33.4 Å². The van der Waals surface area contributed by atoms with Crippen LogP contribution in [-0.4, -0.2) is 32.4 Å². The summed E-state index contributed by atoms with van der Waals surface area (Å²) in [7, 11) is -0.978. The summed E-state index contributed by atoms with van der Waals surface area (Å²) in [5.74, 6) is 1.10. The van der Waals surface area contributed by atoms with Crippen LogP contribution >= 0.6 is 11.6 Å². The molecular weight excluding hydrogens is 480 g/mol. The standard InChI is InChI=1S/C23H19ClN4O2S.C4H8/c24-19-11-8-16(14-18(19)22-26-20-4-1-2-5-21(20)27-22)25-23(29)15-6-9-17(10-7-15)28-12-3-13-31(28)30;1-3-4-2/h1-2,4-11,14H,3,12-13H2,(H,25,29)(H,26,27);3-4H,1-2H3/b;4-3-. The molecule has 35 heavy (non-hydrogen) atoms. The first-order valence-electron chi connectivity index (χ1n) is 11.4. The normalized spacial score (nSPS) is 15.3. The Morgan fingerprint density at radius 2 is 1.83 bits per heavy atom. The van der Waals surface area contributed by atoms with Crippen molar-refractivity contribution in [3.05, 3.63) is 89.5 Å². The summed E-state index contributed by atoms with van der Waals surface area (Å²) < 4.78 is 13.9. The minimum Gasteiger partial charge on any atom is -0.338 e. The Morgan fingerprint density at radius 3 is 2.49 bits per heavy atom. The molecule has 1 unspecified atom stereocenters. The molecule has 180 valence electrons. The molecule has 1 aliphatic rings. The number of allylic oxidation sites excluding steroid dienone is 2. The Kier molecular flexibility index (Phi) is 8.00. The highest BCUT2D eigenvalue weighted by Gasteiger charge is 2.20. The summed E-state index contributed by atoms with van der Waals surface area (Å²) in [4.78, 5) is 20.6. The smallest absolute Gasteiger partial charge is 0.255 e. The third-order valence-corrected chi connectivity index (χ3v) is 7.40. The number of para-hydroxylation sites is 2. The fraction of sp³-hybridized carbons (Fsp3) is 0.185. The topological polar surface area (TPSA) is 78.1 Å². The average Bonchev–Trinajstić information content (AvgIpc) is 3.51. The molecule has 3 aromatic carbocycles. The second-order valence-electron chi connectivity index (χ2n) is 7.95. The van der Waals surface area contributed by atoms with Gasteiger partial charge >= 0.3 is 0 Å². The molecular formula is C27H27ClN4O2S. The fourth-order valence-electron chi connectivity index (χ4n) is 3.64. The largest absolute Gasteiger partial charge is 0.338 e. The van der Waals surface area contributed by atoms with E-state index in [1.54, 1.807) is 30.3 Å². The van der Waals surface area contributed by atoms with Crippen molar-refractivity contribution in [1.82, 2.24) is 9.97 Å². The Bertz CT molecular complexity index is 1340. The first-order valence-corrected chi connectivity index (χ1v) is 13.0. The number of rotatable bonds is 4. The second kappa shape index (κ2) is 11.3. The van der Waals surface area contributed by atoms with E-state index >= 15 is 0 Å². The van der Waals surface area contributed by atoms with Gasteiger partial charge in [-0.15, -0.1) is 0 Å². The number of anilines is 2. The average molecular weight is 507 g/mol. The van der Waals surface area contributed by atoms with Crippen molar-refractivity contribution in [3.63, 3.8) is 0 Å². The van der Waals surface area contributed by atoms with E-state index in [-0.39, 0.29) is 5.91 Å². The summed E-state index contributed by atoms with van der Waals surface area (Å²) in [5, 5.41) is 3.46. The number of hydrogen-bond donors (Lipinski definition) is 2. The van der Waals surface area contributed by atoms with Gasteiger partial charge in [0.15, 0.2) is 0 Å². The van der Waals surface area contributed by atoms with Crippen molar-refractivity contribution >= 4 is 50.9 Å². The predicted molar refractivity (Wildman–Crippen MR) is 146 cm³/mol. The van der Waals surface area contributed by atoms with Crippen LogP contribution in [0.2, 0.25) is 5.02 Å². The van der Waals surface area contributed by atoms with Crippen molar-refractivity contribution < 1.29 is 9.00 Å². The molecule has 4 aromatic rings. The molecule has 0 aliphatic carbocycles. The zero-order chi connectivity index (χ0) is 24.8. The van der Waals surface area contributed by atoms with Gasteiger partial charge in [-0.1, -0.05) is 35.9 Å². The van der Waals surface area contributed by atoms with E-state index in [0.717, 1.165) is 29.7 Å². The van der Waals surface area contributed by atoms with Crippen LogP contribution in [-0.2, 0) is 11.0 Å². The first kappa shape index (κ1) is 24.7. The highest BCUT2D eigenvalue weighted by molar-refractivity contribution is 7.86. The number of fused-ring (bicyclic) bond motifs is 1. The Balaban J connectivity index is 0.000000672. The number of aromatic nitrogens is 2. The molecule has 8 heteroatoms. The molecule has 2 N–H and O–H groups in total. The van der Waals surface area contributed by atoms with Gasteiger partial charge in [0.1, 0.15) is 16.8 Å². The van der Waals surface area contributed by atoms with Crippen LogP contribution in [0.3, 0.4) is 0 Å². The summed E-state index contributed by atoms with van der Waals surface area (Å²) >= 11 is 6.40. The van der Waals surface area contributed by atoms with Crippen LogP contribution in [0.15, 0.2) is 78.9 Å². The van der Waals surface area contributed by atoms with Gasteiger partial charge < -0.3 is 10.3 Å². The molecule has 1 aromatic heterocycles. The predicted octanol–water partition coefficient (Wildman–Crippen LogP) is 6.59. The van der Waals surface area contributed by atoms with Gasteiger partial charge in [0, 0.05) is 34.8 Å².